The maximum Gasteiger partial charge on any atom is 0.341 e. The second kappa shape index (κ2) is 4.40. The number of carboxylic acids is 1. The van der Waals surface area contributed by atoms with Gasteiger partial charge in [-0.15, -0.1) is 0 Å². The van der Waals surface area contributed by atoms with E-state index in [1.165, 1.54) is 0 Å². The third-order valence-corrected chi connectivity index (χ3v) is 4.46. The average molecular weight is 262 g/mol. The van der Waals surface area contributed by atoms with Crippen LogP contribution >= 0.6 is 0 Å². The third-order valence-electron chi connectivity index (χ3n) is 2.27. The topological polar surface area (TPSA) is 123 Å². The van der Waals surface area contributed by atoms with Gasteiger partial charge in [0.1, 0.15) is 5.82 Å². The highest BCUT2D eigenvalue weighted by Gasteiger charge is 2.47. The Bertz CT molecular complexity index is 528. The first-order valence-corrected chi connectivity index (χ1v) is 5.96. The van der Waals surface area contributed by atoms with Gasteiger partial charge in [0.05, 0.1) is 4.90 Å². The number of nitrogens with two attached hydrogens (primary N) is 2. The first-order valence-electron chi connectivity index (χ1n) is 4.48. The summed E-state index contributed by atoms with van der Waals surface area (Å²) in [6.07, 6.45) is 0. The van der Waals surface area contributed by atoms with E-state index in [-0.39, 0.29) is 0 Å². The van der Waals surface area contributed by atoms with Gasteiger partial charge in [0.15, 0.2) is 0 Å². The van der Waals surface area contributed by atoms with Gasteiger partial charge < -0.3 is 16.6 Å². The van der Waals surface area contributed by atoms with Crippen LogP contribution in [0.2, 0.25) is 0 Å². The monoisotopic (exact) mass is 262 g/mol. The minimum absolute atomic E-state index is 0.394. The van der Waals surface area contributed by atoms with Crippen molar-refractivity contribution in [3.8, 4) is 0 Å². The predicted octanol–water partition coefficient (Wildman–Crippen LogP) is -0.702. The molecule has 0 radical (unpaired) electrons. The molecule has 6 nitrogen and oxygen atoms in total. The molecule has 0 aliphatic heterocycles. The average Bonchev–Trinajstić information content (AvgIpc) is 2.28. The predicted molar refractivity (Wildman–Crippen MR) is 57.2 cm³/mol. The number of carboxylic acid groups (broad SMARTS) is 1. The summed E-state index contributed by atoms with van der Waals surface area (Å²) in [4.78, 5) is 7.87. The molecule has 17 heavy (non-hydrogen) atoms. The standard InChI is InChI=1S/C9H11FN2O4S/c10-6-1-3-7(4-2-6)17(15,16)9(12,5-11)8(13)14/h1-4H,5,11-12H2,(H,13,14). The number of sulfone groups is 1. The fraction of sp³-hybridized carbons (Fsp3) is 0.222. The van der Waals surface area contributed by atoms with Gasteiger partial charge in [-0.05, 0) is 24.3 Å². The SMILES string of the molecule is NCC(N)(C(=O)O)S(=O)(=O)c1ccc(F)cc1. The molecule has 1 rings (SSSR count). The summed E-state index contributed by atoms with van der Waals surface area (Å²) in [5.41, 5.74) is 10.4. The van der Waals surface area contributed by atoms with Crippen LogP contribution in [0.1, 0.15) is 0 Å². The third kappa shape index (κ3) is 2.14. The van der Waals surface area contributed by atoms with Crippen molar-refractivity contribution in [1.82, 2.24) is 0 Å². The summed E-state index contributed by atoms with van der Waals surface area (Å²) in [6.45, 7) is -0.790. The van der Waals surface area contributed by atoms with Crippen LogP contribution in [0.25, 0.3) is 0 Å². The van der Waals surface area contributed by atoms with Crippen LogP contribution < -0.4 is 11.5 Å². The zero-order valence-electron chi connectivity index (χ0n) is 8.63. The molecule has 0 amide bonds. The van der Waals surface area contributed by atoms with Crippen LogP contribution in [0.5, 0.6) is 0 Å². The molecule has 0 spiro atoms. The molecule has 0 heterocycles. The molecule has 0 aliphatic carbocycles. The molecular weight excluding hydrogens is 251 g/mol. The van der Waals surface area contributed by atoms with E-state index in [9.17, 15) is 17.6 Å². The number of hydrogen-bond donors (Lipinski definition) is 3. The molecule has 5 N–H and O–H groups in total. The smallest absolute Gasteiger partial charge is 0.341 e. The van der Waals surface area contributed by atoms with Gasteiger partial charge in [-0.3, -0.25) is 0 Å². The summed E-state index contributed by atoms with van der Waals surface area (Å²) in [5, 5.41) is 8.83. The first kappa shape index (κ1) is 13.6. The van der Waals surface area contributed by atoms with Gasteiger partial charge in [-0.1, -0.05) is 0 Å². The fourth-order valence-corrected chi connectivity index (χ4v) is 2.50. The molecule has 0 aromatic heterocycles. The summed E-state index contributed by atoms with van der Waals surface area (Å²) < 4.78 is 36.5. The quantitative estimate of drug-likeness (QED) is 0.616. The Morgan fingerprint density at radius 3 is 2.18 bits per heavy atom. The van der Waals surface area contributed by atoms with Crippen molar-refractivity contribution < 1.29 is 22.7 Å². The zero-order chi connectivity index (χ0) is 13.3. The van der Waals surface area contributed by atoms with E-state index in [0.29, 0.717) is 0 Å². The van der Waals surface area contributed by atoms with E-state index in [1.807, 2.05) is 0 Å². The highest BCUT2D eigenvalue weighted by Crippen LogP contribution is 2.21. The van der Waals surface area contributed by atoms with Crippen molar-refractivity contribution in [2.45, 2.75) is 9.77 Å². The molecule has 0 fully saturated rings. The lowest BCUT2D eigenvalue weighted by atomic mass is 10.3. The van der Waals surface area contributed by atoms with Gasteiger partial charge in [0.25, 0.3) is 0 Å². The van der Waals surface area contributed by atoms with Crippen molar-refractivity contribution >= 4 is 15.8 Å². The normalized spacial score (nSPS) is 15.2. The second-order valence-corrected chi connectivity index (χ2v) is 5.56. The number of halogens is 1. The Balaban J connectivity index is 3.37. The van der Waals surface area contributed by atoms with E-state index >= 15 is 0 Å². The lowest BCUT2D eigenvalue weighted by molar-refractivity contribution is -0.139. The molecular formula is C9H11FN2O4S. The molecule has 1 aromatic carbocycles. The van der Waals surface area contributed by atoms with Crippen LogP contribution in [-0.2, 0) is 14.6 Å². The maximum absolute atomic E-state index is 12.6. The minimum Gasteiger partial charge on any atom is -0.479 e. The summed E-state index contributed by atoms with van der Waals surface area (Å²) >= 11 is 0. The van der Waals surface area contributed by atoms with Crippen molar-refractivity contribution in [3.05, 3.63) is 30.1 Å². The molecule has 0 saturated heterocycles. The highest BCUT2D eigenvalue weighted by molar-refractivity contribution is 7.93. The largest absolute Gasteiger partial charge is 0.479 e. The molecule has 1 atom stereocenters. The highest BCUT2D eigenvalue weighted by atomic mass is 32.2. The summed E-state index contributed by atoms with van der Waals surface area (Å²) in [7, 11) is -4.38. The van der Waals surface area contributed by atoms with Gasteiger partial charge in [0, 0.05) is 6.54 Å². The summed E-state index contributed by atoms with van der Waals surface area (Å²) in [5.74, 6) is -2.40. The molecule has 0 bridgehead atoms. The van der Waals surface area contributed by atoms with Crippen LogP contribution in [0.3, 0.4) is 0 Å². The van der Waals surface area contributed by atoms with Crippen LogP contribution in [0.15, 0.2) is 29.2 Å². The molecule has 1 aromatic rings. The lowest BCUT2D eigenvalue weighted by Crippen LogP contribution is -2.59. The Labute approximate surface area is 97.0 Å². The van der Waals surface area contributed by atoms with Crippen LogP contribution in [0, 0.1) is 5.82 Å². The van der Waals surface area contributed by atoms with Crippen molar-refractivity contribution in [2.75, 3.05) is 6.54 Å². The van der Waals surface area contributed by atoms with Gasteiger partial charge in [0.2, 0.25) is 14.7 Å². The maximum atomic E-state index is 12.6. The second-order valence-electron chi connectivity index (χ2n) is 3.36. The van der Waals surface area contributed by atoms with E-state index in [0.717, 1.165) is 24.3 Å². The lowest BCUT2D eigenvalue weighted by Gasteiger charge is -2.22. The van der Waals surface area contributed by atoms with Gasteiger partial charge in [-0.25, -0.2) is 17.6 Å². The molecule has 94 valence electrons. The van der Waals surface area contributed by atoms with E-state index in [4.69, 9.17) is 16.6 Å². The molecule has 0 aliphatic rings. The van der Waals surface area contributed by atoms with Crippen LogP contribution in [0.4, 0.5) is 4.39 Å². The Morgan fingerprint density at radius 2 is 1.82 bits per heavy atom. The number of hydrogen-bond acceptors (Lipinski definition) is 5. The van der Waals surface area contributed by atoms with Crippen LogP contribution in [-0.4, -0.2) is 30.9 Å². The van der Waals surface area contributed by atoms with Crippen molar-refractivity contribution in [3.63, 3.8) is 0 Å². The van der Waals surface area contributed by atoms with E-state index in [2.05, 4.69) is 0 Å². The first-order chi connectivity index (χ1) is 7.75. The molecule has 0 saturated carbocycles. The van der Waals surface area contributed by atoms with Gasteiger partial charge >= 0.3 is 5.97 Å². The number of rotatable bonds is 4. The number of carbonyl (C=O) groups is 1. The minimum atomic E-state index is -4.38. The van der Waals surface area contributed by atoms with E-state index < -0.39 is 37.9 Å². The summed E-state index contributed by atoms with van der Waals surface area (Å²) in [6, 6.07) is 3.66. The molecule has 1 unspecified atom stereocenters. The molecule has 8 heteroatoms. The fourth-order valence-electron chi connectivity index (χ4n) is 1.14. The van der Waals surface area contributed by atoms with Crippen molar-refractivity contribution in [1.29, 1.82) is 0 Å². The number of aliphatic carboxylic acids is 1. The Hall–Kier alpha value is -1.51. The van der Waals surface area contributed by atoms with Gasteiger partial charge in [-0.2, -0.15) is 0 Å². The Kier molecular flexibility index (Phi) is 3.51. The zero-order valence-corrected chi connectivity index (χ0v) is 9.45. The van der Waals surface area contributed by atoms with E-state index in [1.54, 1.807) is 0 Å². The Morgan fingerprint density at radius 1 is 1.35 bits per heavy atom. The van der Waals surface area contributed by atoms with Crippen molar-refractivity contribution in [2.24, 2.45) is 11.5 Å². The number of benzene rings is 1.